The van der Waals surface area contributed by atoms with Crippen molar-refractivity contribution in [2.75, 3.05) is 7.11 Å². The predicted molar refractivity (Wildman–Crippen MR) is 55.7 cm³/mol. The van der Waals surface area contributed by atoms with Crippen LogP contribution in [0, 0.1) is 6.92 Å². The number of carbonyl (C=O) groups excluding carboxylic acids is 1. The van der Waals surface area contributed by atoms with Gasteiger partial charge in [0.2, 0.25) is 0 Å². The van der Waals surface area contributed by atoms with E-state index in [1.807, 2.05) is 6.07 Å². The van der Waals surface area contributed by atoms with Gasteiger partial charge in [0, 0.05) is 0 Å². The zero-order valence-electron chi connectivity index (χ0n) is 7.10. The third kappa shape index (κ3) is 2.28. The van der Waals surface area contributed by atoms with Crippen molar-refractivity contribution in [3.05, 3.63) is 26.4 Å². The zero-order valence-corrected chi connectivity index (χ0v) is 10.3. The number of ether oxygens (including phenoxy) is 1. The van der Waals surface area contributed by atoms with E-state index in [-0.39, 0.29) is 0 Å². The molecule has 0 bridgehead atoms. The minimum atomic E-state index is -0.425. The van der Waals surface area contributed by atoms with Crippen LogP contribution in [0.4, 0.5) is 0 Å². The first-order valence-electron chi connectivity index (χ1n) is 3.47. The van der Waals surface area contributed by atoms with Crippen LogP contribution in [0.2, 0.25) is 0 Å². The summed E-state index contributed by atoms with van der Waals surface area (Å²) >= 11 is 6.50. The Morgan fingerprint density at radius 3 is 2.69 bits per heavy atom. The summed E-state index contributed by atoms with van der Waals surface area (Å²) in [5.74, 6) is -0.425. The van der Waals surface area contributed by atoms with E-state index in [1.165, 1.54) is 7.11 Å². The van der Waals surface area contributed by atoms with Gasteiger partial charge in [-0.15, -0.1) is 0 Å². The molecule has 5 heteroatoms. The van der Waals surface area contributed by atoms with Gasteiger partial charge in [-0.3, -0.25) is 0 Å². The van der Waals surface area contributed by atoms with Gasteiger partial charge in [-0.1, -0.05) is 0 Å². The number of nitrogens with zero attached hydrogens (tertiary/aromatic N) is 1. The highest BCUT2D eigenvalue weighted by molar-refractivity contribution is 9.13. The van der Waals surface area contributed by atoms with Crippen LogP contribution in [0.5, 0.6) is 0 Å². The second-order valence-electron chi connectivity index (χ2n) is 2.42. The van der Waals surface area contributed by atoms with E-state index in [0.29, 0.717) is 10.3 Å². The molecule has 1 aromatic heterocycles. The molecule has 0 atom stereocenters. The fourth-order valence-electron chi connectivity index (χ4n) is 0.861. The molecule has 70 valence electrons. The molecule has 1 aromatic rings. The van der Waals surface area contributed by atoms with E-state index in [4.69, 9.17) is 0 Å². The van der Waals surface area contributed by atoms with Gasteiger partial charge in [-0.05, 0) is 50.4 Å². The lowest BCUT2D eigenvalue weighted by atomic mass is 10.2. The van der Waals surface area contributed by atoms with Crippen molar-refractivity contribution in [1.29, 1.82) is 0 Å². The maximum absolute atomic E-state index is 11.2. The Morgan fingerprint density at radius 2 is 2.15 bits per heavy atom. The third-order valence-corrected chi connectivity index (χ3v) is 3.24. The molecule has 0 saturated heterocycles. The highest BCUT2D eigenvalue weighted by atomic mass is 79.9. The maximum atomic E-state index is 11.2. The Morgan fingerprint density at radius 1 is 1.54 bits per heavy atom. The van der Waals surface area contributed by atoms with Crippen molar-refractivity contribution in [1.82, 2.24) is 4.98 Å². The second kappa shape index (κ2) is 4.19. The van der Waals surface area contributed by atoms with Crippen LogP contribution in [-0.4, -0.2) is 18.1 Å². The smallest absolute Gasteiger partial charge is 0.356 e. The molecule has 1 rings (SSSR count). The summed E-state index contributed by atoms with van der Waals surface area (Å²) in [6.07, 6.45) is 0. The van der Waals surface area contributed by atoms with E-state index < -0.39 is 5.97 Å². The summed E-state index contributed by atoms with van der Waals surface area (Å²) in [7, 11) is 1.33. The Labute approximate surface area is 92.8 Å². The Hall–Kier alpha value is -0.420. The topological polar surface area (TPSA) is 39.2 Å². The average Bonchev–Trinajstić information content (AvgIpc) is 2.10. The van der Waals surface area contributed by atoms with Crippen LogP contribution in [0.3, 0.4) is 0 Å². The number of pyridine rings is 1. The molecule has 0 aliphatic carbocycles. The lowest BCUT2D eigenvalue weighted by molar-refractivity contribution is 0.0593. The standard InChI is InChI=1S/C8H7Br2NO2/c1-4-3-5(9)7(10)11-6(4)8(12)13-2/h3H,1-2H3. The van der Waals surface area contributed by atoms with Crippen LogP contribution in [0.1, 0.15) is 16.1 Å². The van der Waals surface area contributed by atoms with Gasteiger partial charge >= 0.3 is 5.97 Å². The molecule has 13 heavy (non-hydrogen) atoms. The molecule has 0 unspecified atom stereocenters. The minimum absolute atomic E-state index is 0.331. The second-order valence-corrected chi connectivity index (χ2v) is 4.02. The highest BCUT2D eigenvalue weighted by Crippen LogP contribution is 2.23. The van der Waals surface area contributed by atoms with Crippen molar-refractivity contribution in [2.45, 2.75) is 6.92 Å². The lowest BCUT2D eigenvalue weighted by Crippen LogP contribution is -2.07. The zero-order chi connectivity index (χ0) is 10.0. The summed E-state index contributed by atoms with van der Waals surface area (Å²) in [6, 6.07) is 1.81. The highest BCUT2D eigenvalue weighted by Gasteiger charge is 2.13. The van der Waals surface area contributed by atoms with E-state index in [2.05, 4.69) is 41.6 Å². The number of esters is 1. The van der Waals surface area contributed by atoms with E-state index in [1.54, 1.807) is 6.92 Å². The van der Waals surface area contributed by atoms with Gasteiger partial charge in [-0.2, -0.15) is 0 Å². The van der Waals surface area contributed by atoms with Crippen LogP contribution < -0.4 is 0 Å². The third-order valence-electron chi connectivity index (χ3n) is 1.50. The van der Waals surface area contributed by atoms with Crippen LogP contribution in [-0.2, 0) is 4.74 Å². The quantitative estimate of drug-likeness (QED) is 0.591. The molecule has 0 radical (unpaired) electrons. The monoisotopic (exact) mass is 307 g/mol. The van der Waals surface area contributed by atoms with Gasteiger partial charge in [0.05, 0.1) is 11.6 Å². The van der Waals surface area contributed by atoms with Crippen molar-refractivity contribution < 1.29 is 9.53 Å². The van der Waals surface area contributed by atoms with Gasteiger partial charge in [0.1, 0.15) is 4.60 Å². The molecule has 0 aliphatic heterocycles. The fraction of sp³-hybridized carbons (Fsp3) is 0.250. The molecule has 0 aromatic carbocycles. The molecular formula is C8H7Br2NO2. The largest absolute Gasteiger partial charge is 0.464 e. The number of halogens is 2. The van der Waals surface area contributed by atoms with Crippen LogP contribution >= 0.6 is 31.9 Å². The number of methoxy groups -OCH3 is 1. The molecule has 0 fully saturated rings. The molecule has 0 N–H and O–H groups in total. The molecule has 0 spiro atoms. The molecule has 0 amide bonds. The summed E-state index contributed by atoms with van der Waals surface area (Å²) in [5.41, 5.74) is 1.11. The Balaban J connectivity index is 3.23. The summed E-state index contributed by atoms with van der Waals surface area (Å²) < 4.78 is 5.99. The summed E-state index contributed by atoms with van der Waals surface area (Å²) in [6.45, 7) is 1.80. The molecule has 0 aliphatic rings. The van der Waals surface area contributed by atoms with Crippen molar-refractivity contribution in [3.63, 3.8) is 0 Å². The van der Waals surface area contributed by atoms with E-state index in [0.717, 1.165) is 10.0 Å². The number of carbonyl (C=O) groups is 1. The normalized spacial score (nSPS) is 9.85. The first-order chi connectivity index (χ1) is 6.06. The van der Waals surface area contributed by atoms with Crippen molar-refractivity contribution in [3.8, 4) is 0 Å². The lowest BCUT2D eigenvalue weighted by Gasteiger charge is -2.04. The van der Waals surface area contributed by atoms with Crippen LogP contribution in [0.15, 0.2) is 15.1 Å². The number of hydrogen-bond donors (Lipinski definition) is 0. The van der Waals surface area contributed by atoms with E-state index >= 15 is 0 Å². The van der Waals surface area contributed by atoms with Crippen molar-refractivity contribution >= 4 is 37.8 Å². The Kier molecular flexibility index (Phi) is 3.44. The van der Waals surface area contributed by atoms with E-state index in [9.17, 15) is 4.79 Å². The molecule has 0 saturated carbocycles. The number of rotatable bonds is 1. The average molecular weight is 309 g/mol. The minimum Gasteiger partial charge on any atom is -0.464 e. The molecular weight excluding hydrogens is 302 g/mol. The summed E-state index contributed by atoms with van der Waals surface area (Å²) in [4.78, 5) is 15.2. The number of aromatic nitrogens is 1. The molecule has 1 heterocycles. The van der Waals surface area contributed by atoms with Gasteiger partial charge in [-0.25, -0.2) is 9.78 Å². The maximum Gasteiger partial charge on any atom is 0.356 e. The first-order valence-corrected chi connectivity index (χ1v) is 5.06. The SMILES string of the molecule is COC(=O)c1nc(Br)c(Br)cc1C. The Bertz CT molecular complexity index is 352. The number of aryl methyl sites for hydroxylation is 1. The van der Waals surface area contributed by atoms with Gasteiger partial charge in [0.25, 0.3) is 0 Å². The predicted octanol–water partition coefficient (Wildman–Crippen LogP) is 2.70. The fourth-order valence-corrected chi connectivity index (χ4v) is 1.58. The first kappa shape index (κ1) is 10.7. The van der Waals surface area contributed by atoms with Gasteiger partial charge in [0.15, 0.2) is 5.69 Å². The van der Waals surface area contributed by atoms with Crippen LogP contribution in [0.25, 0.3) is 0 Å². The van der Waals surface area contributed by atoms with Crippen molar-refractivity contribution in [2.24, 2.45) is 0 Å². The number of hydrogen-bond acceptors (Lipinski definition) is 3. The van der Waals surface area contributed by atoms with Gasteiger partial charge < -0.3 is 4.74 Å². The molecule has 3 nitrogen and oxygen atoms in total. The summed E-state index contributed by atoms with van der Waals surface area (Å²) in [5, 5.41) is 0.